The number of aliphatic carboxylic acids is 2. The molecule has 0 bridgehead atoms. The van der Waals surface area contributed by atoms with Gasteiger partial charge in [-0.2, -0.15) is 0 Å². The van der Waals surface area contributed by atoms with Gasteiger partial charge in [0, 0.05) is 55.1 Å². The van der Waals surface area contributed by atoms with Gasteiger partial charge in [0.2, 0.25) is 11.8 Å². The lowest BCUT2D eigenvalue weighted by molar-refractivity contribution is -0.153. The zero-order valence-corrected chi connectivity index (χ0v) is 28.4. The molecule has 1 aliphatic rings. The number of hydrogen-bond acceptors (Lipinski definition) is 10. The Hall–Kier alpha value is -6.15. The smallest absolute Gasteiger partial charge is 0.353 e. The summed E-state index contributed by atoms with van der Waals surface area (Å²) in [5, 5.41) is 28.5. The van der Waals surface area contributed by atoms with Gasteiger partial charge in [0.25, 0.3) is 0 Å². The summed E-state index contributed by atoms with van der Waals surface area (Å²) < 4.78 is 11.0. The summed E-state index contributed by atoms with van der Waals surface area (Å²) in [6, 6.07) is 18.6. The summed E-state index contributed by atoms with van der Waals surface area (Å²) in [6.45, 7) is 2.62. The van der Waals surface area contributed by atoms with Gasteiger partial charge in [0.1, 0.15) is 15.7 Å². The van der Waals surface area contributed by atoms with E-state index in [-0.39, 0.29) is 40.0 Å². The van der Waals surface area contributed by atoms with Crippen LogP contribution in [0.3, 0.4) is 0 Å². The molecule has 13 nitrogen and oxygen atoms in total. The summed E-state index contributed by atoms with van der Waals surface area (Å²) in [5.41, 5.74) is -3.63. The monoisotopic (exact) mass is 712 g/mol. The molecule has 0 spiro atoms. The predicted molar refractivity (Wildman–Crippen MR) is 185 cm³/mol. The van der Waals surface area contributed by atoms with Crippen LogP contribution in [-0.4, -0.2) is 58.6 Å². The number of amides is 2. The van der Waals surface area contributed by atoms with Crippen LogP contribution in [0.1, 0.15) is 68.6 Å². The SMILES string of the molecule is COc1cc(C2C(CC(=O)c3ccc(NC(C)=O)cc3)(C(=O)O)C2(CC(=O)c2ccc(NC(C)=O)cc2)C(=O)O)ccc1OC(=O)c1cccs1. The van der Waals surface area contributed by atoms with Crippen LogP contribution in [0, 0.1) is 10.8 Å². The molecule has 2 unspecified atom stereocenters. The Bertz CT molecular complexity index is 1940. The van der Waals surface area contributed by atoms with Crippen LogP contribution < -0.4 is 20.1 Å². The van der Waals surface area contributed by atoms with Gasteiger partial charge >= 0.3 is 17.9 Å². The van der Waals surface area contributed by atoms with Gasteiger partial charge in [-0.25, -0.2) is 4.79 Å². The second kappa shape index (κ2) is 14.4. The number of esters is 1. The molecule has 5 rings (SSSR count). The number of Topliss-reactive ketones (excluding diaryl/α,β-unsaturated/α-hetero) is 2. The standard InChI is InChI=1S/C37H32N2O11S/c1-20(40)38-25-11-6-22(7-12-25)27(42)18-36(34(45)46)32(24-10-15-29(30(17-24)49-3)50-33(44)31-5-4-16-51-31)37(36,35(47)48)19-28(43)23-8-13-26(14-9-23)39-21(2)41/h4-17,32H,18-19H2,1-3H3,(H,38,40)(H,39,41)(H,45,46)(H,47,48). The summed E-state index contributed by atoms with van der Waals surface area (Å²) in [7, 11) is 1.28. The van der Waals surface area contributed by atoms with Crippen LogP contribution in [0.2, 0.25) is 0 Å². The molecule has 14 heteroatoms. The van der Waals surface area contributed by atoms with Crippen molar-refractivity contribution in [3.05, 3.63) is 106 Å². The number of nitrogens with one attached hydrogen (secondary N) is 2. The number of ketones is 2. The molecule has 1 aliphatic carbocycles. The molecule has 0 aliphatic heterocycles. The third-order valence-electron chi connectivity index (χ3n) is 8.84. The molecule has 1 saturated carbocycles. The van der Waals surface area contributed by atoms with Crippen molar-refractivity contribution in [2.45, 2.75) is 32.6 Å². The molecule has 0 radical (unpaired) electrons. The molecule has 2 amide bonds. The van der Waals surface area contributed by atoms with E-state index in [9.17, 15) is 43.8 Å². The van der Waals surface area contributed by atoms with Gasteiger partial charge < -0.3 is 30.3 Å². The number of carboxylic acids is 2. The van der Waals surface area contributed by atoms with Crippen LogP contribution in [0.5, 0.6) is 11.5 Å². The van der Waals surface area contributed by atoms with Crippen molar-refractivity contribution in [3.63, 3.8) is 0 Å². The number of thiophene rings is 1. The maximum Gasteiger partial charge on any atom is 0.353 e. The highest BCUT2D eigenvalue weighted by atomic mass is 32.1. The highest BCUT2D eigenvalue weighted by Gasteiger charge is 2.85. The molecule has 2 atom stereocenters. The summed E-state index contributed by atoms with van der Waals surface area (Å²) in [4.78, 5) is 90.2. The Morgan fingerprint density at radius 2 is 1.20 bits per heavy atom. The Morgan fingerprint density at radius 3 is 1.59 bits per heavy atom. The predicted octanol–water partition coefficient (Wildman–Crippen LogP) is 5.68. The van der Waals surface area contributed by atoms with Gasteiger partial charge in [-0.05, 0) is 77.7 Å². The number of methoxy groups -OCH3 is 1. The second-order valence-corrected chi connectivity index (χ2v) is 12.9. The first-order valence-corrected chi connectivity index (χ1v) is 16.3. The minimum Gasteiger partial charge on any atom is -0.493 e. The Balaban J connectivity index is 1.57. The normalized spacial score (nSPS) is 18.9. The van der Waals surface area contributed by atoms with Gasteiger partial charge in [0.05, 0.1) is 7.11 Å². The zero-order valence-electron chi connectivity index (χ0n) is 27.6. The van der Waals surface area contributed by atoms with E-state index in [1.807, 2.05) is 0 Å². The summed E-state index contributed by atoms with van der Waals surface area (Å²) >= 11 is 1.16. The van der Waals surface area contributed by atoms with Gasteiger partial charge in [-0.1, -0.05) is 12.1 Å². The maximum absolute atomic E-state index is 13.8. The van der Waals surface area contributed by atoms with Gasteiger partial charge in [-0.15, -0.1) is 11.3 Å². The van der Waals surface area contributed by atoms with E-state index in [1.54, 1.807) is 17.5 Å². The highest BCUT2D eigenvalue weighted by Crippen LogP contribution is 2.78. The number of hydrogen-bond donors (Lipinski definition) is 4. The van der Waals surface area contributed by atoms with Crippen LogP contribution in [0.15, 0.2) is 84.2 Å². The van der Waals surface area contributed by atoms with E-state index in [0.717, 1.165) is 11.3 Å². The average Bonchev–Trinajstić information content (AvgIpc) is 3.35. The van der Waals surface area contributed by atoms with E-state index < -0.39 is 59.1 Å². The lowest BCUT2D eigenvalue weighted by Gasteiger charge is -2.18. The third-order valence-corrected chi connectivity index (χ3v) is 9.69. The first kappa shape index (κ1) is 36.1. The first-order valence-electron chi connectivity index (χ1n) is 15.5. The van der Waals surface area contributed by atoms with Crippen molar-refractivity contribution in [1.29, 1.82) is 0 Å². The molecule has 0 saturated heterocycles. The van der Waals surface area contributed by atoms with Gasteiger partial charge in [0.15, 0.2) is 23.1 Å². The molecule has 3 aromatic carbocycles. The van der Waals surface area contributed by atoms with E-state index in [4.69, 9.17) is 9.47 Å². The zero-order chi connectivity index (χ0) is 37.1. The lowest BCUT2D eigenvalue weighted by atomic mass is 9.82. The van der Waals surface area contributed by atoms with Crippen LogP contribution in [0.25, 0.3) is 0 Å². The maximum atomic E-state index is 13.8. The molecule has 262 valence electrons. The number of ether oxygens (including phenoxy) is 2. The molecule has 51 heavy (non-hydrogen) atoms. The van der Waals surface area contributed by atoms with E-state index in [2.05, 4.69) is 10.6 Å². The molecule has 1 heterocycles. The van der Waals surface area contributed by atoms with Gasteiger partial charge in [-0.3, -0.25) is 28.8 Å². The van der Waals surface area contributed by atoms with Crippen LogP contribution >= 0.6 is 11.3 Å². The third kappa shape index (κ3) is 6.99. The van der Waals surface area contributed by atoms with Crippen molar-refractivity contribution in [2.75, 3.05) is 17.7 Å². The van der Waals surface area contributed by atoms with Crippen molar-refractivity contribution in [1.82, 2.24) is 0 Å². The largest absolute Gasteiger partial charge is 0.493 e. The highest BCUT2D eigenvalue weighted by molar-refractivity contribution is 7.12. The Kier molecular flexibility index (Phi) is 10.2. The molecular weight excluding hydrogens is 680 g/mol. The number of anilines is 2. The molecular formula is C37H32N2O11S. The Morgan fingerprint density at radius 1 is 0.706 bits per heavy atom. The fourth-order valence-electron chi connectivity index (χ4n) is 6.56. The van der Waals surface area contributed by atoms with Crippen molar-refractivity contribution in [3.8, 4) is 11.5 Å². The summed E-state index contributed by atoms with van der Waals surface area (Å²) in [5.74, 6) is -7.46. The molecule has 4 N–H and O–H groups in total. The number of carboxylic acid groups (broad SMARTS) is 2. The number of carbonyl (C=O) groups excluding carboxylic acids is 5. The fourth-order valence-corrected chi connectivity index (χ4v) is 7.16. The first-order chi connectivity index (χ1) is 24.2. The Labute approximate surface area is 295 Å². The van der Waals surface area contributed by atoms with E-state index in [0.29, 0.717) is 16.3 Å². The lowest BCUT2D eigenvalue weighted by Crippen LogP contribution is -2.33. The molecule has 1 fully saturated rings. The second-order valence-electron chi connectivity index (χ2n) is 12.0. The van der Waals surface area contributed by atoms with Crippen molar-refractivity contribution < 1.29 is 53.2 Å². The molecule has 1 aromatic heterocycles. The average molecular weight is 713 g/mol. The van der Waals surface area contributed by atoms with Crippen LogP contribution in [-0.2, 0) is 19.2 Å². The topological polar surface area (TPSA) is 202 Å². The van der Waals surface area contributed by atoms with Crippen LogP contribution in [0.4, 0.5) is 11.4 Å². The summed E-state index contributed by atoms with van der Waals surface area (Å²) in [6.07, 6.45) is -1.60. The fraction of sp³-hybridized carbons (Fsp3) is 0.216. The number of rotatable bonds is 14. The van der Waals surface area contributed by atoms with E-state index >= 15 is 0 Å². The van der Waals surface area contributed by atoms with Crippen molar-refractivity contribution in [2.24, 2.45) is 10.8 Å². The number of benzene rings is 3. The number of carbonyl (C=O) groups is 7. The minimum atomic E-state index is -2.32. The van der Waals surface area contributed by atoms with E-state index in [1.165, 1.54) is 87.7 Å². The molecule has 4 aromatic rings. The minimum absolute atomic E-state index is 0.0114. The van der Waals surface area contributed by atoms with Crippen molar-refractivity contribution >= 4 is 64.0 Å². The quantitative estimate of drug-likeness (QED) is 0.0712.